The molecular formula is C12H14FN3O3. The molecule has 0 unspecified atom stereocenters. The average Bonchev–Trinajstić information content (AvgIpc) is 2.77. The van der Waals surface area contributed by atoms with Crippen LogP contribution in [-0.2, 0) is 9.53 Å². The van der Waals surface area contributed by atoms with E-state index in [1.54, 1.807) is 0 Å². The van der Waals surface area contributed by atoms with Gasteiger partial charge in [0.15, 0.2) is 0 Å². The third-order valence-electron chi connectivity index (χ3n) is 2.72. The standard InChI is InChI=1S/C12H14FN3O3/c13-9-2-1-8(14)7-10(9)15-11(17)3-4-16-5-6-19-12(16)18/h1-2,7H,3-6,14H2,(H,15,17). The molecule has 1 aliphatic rings. The molecule has 7 heteroatoms. The summed E-state index contributed by atoms with van der Waals surface area (Å²) in [4.78, 5) is 24.2. The number of hydrogen-bond acceptors (Lipinski definition) is 4. The Hall–Kier alpha value is -2.31. The van der Waals surface area contributed by atoms with E-state index in [2.05, 4.69) is 5.32 Å². The van der Waals surface area contributed by atoms with Crippen LogP contribution < -0.4 is 11.1 Å². The van der Waals surface area contributed by atoms with E-state index in [1.165, 1.54) is 23.1 Å². The number of amides is 2. The van der Waals surface area contributed by atoms with Gasteiger partial charge in [-0.2, -0.15) is 0 Å². The minimum absolute atomic E-state index is 0.0361. The molecule has 1 fully saturated rings. The summed E-state index contributed by atoms with van der Waals surface area (Å²) >= 11 is 0. The first-order chi connectivity index (χ1) is 9.06. The van der Waals surface area contributed by atoms with Crippen LogP contribution in [-0.4, -0.2) is 36.6 Å². The molecule has 1 heterocycles. The maximum Gasteiger partial charge on any atom is 0.409 e. The number of nitrogen functional groups attached to an aromatic ring is 1. The molecule has 19 heavy (non-hydrogen) atoms. The number of benzene rings is 1. The molecule has 0 bridgehead atoms. The van der Waals surface area contributed by atoms with Crippen molar-refractivity contribution in [3.8, 4) is 0 Å². The molecule has 1 aromatic rings. The molecule has 2 rings (SSSR count). The largest absolute Gasteiger partial charge is 0.448 e. The molecule has 0 spiro atoms. The molecule has 1 aliphatic heterocycles. The van der Waals surface area contributed by atoms with Crippen LogP contribution in [0.25, 0.3) is 0 Å². The van der Waals surface area contributed by atoms with Crippen molar-refractivity contribution < 1.29 is 18.7 Å². The minimum atomic E-state index is -0.553. The molecule has 1 aromatic carbocycles. The van der Waals surface area contributed by atoms with E-state index < -0.39 is 11.9 Å². The number of nitrogens with zero attached hydrogens (tertiary/aromatic N) is 1. The lowest BCUT2D eigenvalue weighted by Gasteiger charge is -2.12. The second-order valence-corrected chi connectivity index (χ2v) is 4.14. The van der Waals surface area contributed by atoms with Crippen molar-refractivity contribution in [2.45, 2.75) is 6.42 Å². The third-order valence-corrected chi connectivity index (χ3v) is 2.72. The van der Waals surface area contributed by atoms with E-state index in [0.717, 1.165) is 0 Å². The van der Waals surface area contributed by atoms with Gasteiger partial charge in [0, 0.05) is 18.7 Å². The van der Waals surface area contributed by atoms with Crippen molar-refractivity contribution >= 4 is 23.4 Å². The van der Waals surface area contributed by atoms with Gasteiger partial charge in [0.25, 0.3) is 0 Å². The summed E-state index contributed by atoms with van der Waals surface area (Å²) in [7, 11) is 0. The van der Waals surface area contributed by atoms with Gasteiger partial charge < -0.3 is 20.7 Å². The molecule has 0 atom stereocenters. The molecule has 0 saturated carbocycles. The summed E-state index contributed by atoms with van der Waals surface area (Å²) in [6.07, 6.45) is -0.355. The Morgan fingerprint density at radius 2 is 2.32 bits per heavy atom. The normalized spacial score (nSPS) is 14.4. The summed E-state index contributed by atoms with van der Waals surface area (Å²) < 4.78 is 18.1. The maximum absolute atomic E-state index is 13.4. The quantitative estimate of drug-likeness (QED) is 0.802. The number of ether oxygens (including phenoxy) is 1. The van der Waals surface area contributed by atoms with Crippen molar-refractivity contribution in [2.24, 2.45) is 0 Å². The molecule has 3 N–H and O–H groups in total. The lowest BCUT2D eigenvalue weighted by atomic mass is 10.2. The van der Waals surface area contributed by atoms with Gasteiger partial charge in [-0.1, -0.05) is 0 Å². The van der Waals surface area contributed by atoms with Gasteiger partial charge in [-0.3, -0.25) is 4.79 Å². The first-order valence-corrected chi connectivity index (χ1v) is 5.83. The molecule has 6 nitrogen and oxygen atoms in total. The van der Waals surface area contributed by atoms with Crippen molar-refractivity contribution in [2.75, 3.05) is 30.7 Å². The summed E-state index contributed by atoms with van der Waals surface area (Å²) in [5.74, 6) is -0.938. The summed E-state index contributed by atoms with van der Waals surface area (Å²) in [6, 6.07) is 3.94. The number of halogens is 1. The van der Waals surface area contributed by atoms with Gasteiger partial charge in [0.05, 0.1) is 12.2 Å². The van der Waals surface area contributed by atoms with Crippen molar-refractivity contribution in [1.82, 2.24) is 4.90 Å². The number of hydrogen-bond donors (Lipinski definition) is 2. The molecule has 0 aromatic heterocycles. The Balaban J connectivity index is 1.87. The van der Waals surface area contributed by atoms with Crippen molar-refractivity contribution in [3.05, 3.63) is 24.0 Å². The Kier molecular flexibility index (Phi) is 3.84. The summed E-state index contributed by atoms with van der Waals surface area (Å²) in [6.45, 7) is 1.05. The van der Waals surface area contributed by atoms with E-state index in [-0.39, 0.29) is 24.6 Å². The number of anilines is 2. The SMILES string of the molecule is Nc1ccc(F)c(NC(=O)CCN2CCOC2=O)c1. The van der Waals surface area contributed by atoms with Crippen LogP contribution in [0.1, 0.15) is 6.42 Å². The highest BCUT2D eigenvalue weighted by molar-refractivity contribution is 5.91. The second-order valence-electron chi connectivity index (χ2n) is 4.14. The Labute approximate surface area is 109 Å². The van der Waals surface area contributed by atoms with E-state index in [0.29, 0.717) is 18.8 Å². The van der Waals surface area contributed by atoms with Gasteiger partial charge in [-0.05, 0) is 18.2 Å². The molecular weight excluding hydrogens is 253 g/mol. The Morgan fingerprint density at radius 1 is 1.53 bits per heavy atom. The van der Waals surface area contributed by atoms with Gasteiger partial charge in [-0.15, -0.1) is 0 Å². The van der Waals surface area contributed by atoms with E-state index in [4.69, 9.17) is 10.5 Å². The number of nitrogens with one attached hydrogen (secondary N) is 1. The number of cyclic esters (lactones) is 1. The molecule has 1 saturated heterocycles. The fourth-order valence-corrected chi connectivity index (χ4v) is 1.72. The van der Waals surface area contributed by atoms with Crippen LogP contribution in [0.3, 0.4) is 0 Å². The molecule has 0 radical (unpaired) electrons. The lowest BCUT2D eigenvalue weighted by Crippen LogP contribution is -2.28. The highest BCUT2D eigenvalue weighted by Gasteiger charge is 2.22. The minimum Gasteiger partial charge on any atom is -0.448 e. The van der Waals surface area contributed by atoms with Crippen LogP contribution >= 0.6 is 0 Å². The fraction of sp³-hybridized carbons (Fsp3) is 0.333. The predicted octanol–water partition coefficient (Wildman–Crippen LogP) is 1.19. The number of rotatable bonds is 4. The third kappa shape index (κ3) is 3.34. The predicted molar refractivity (Wildman–Crippen MR) is 67.0 cm³/mol. The zero-order valence-electron chi connectivity index (χ0n) is 10.2. The molecule has 0 aliphatic carbocycles. The number of carbonyl (C=O) groups is 2. The highest BCUT2D eigenvalue weighted by Crippen LogP contribution is 2.17. The monoisotopic (exact) mass is 267 g/mol. The lowest BCUT2D eigenvalue weighted by molar-refractivity contribution is -0.116. The van der Waals surface area contributed by atoms with E-state index in [9.17, 15) is 14.0 Å². The zero-order chi connectivity index (χ0) is 13.8. The van der Waals surface area contributed by atoms with Gasteiger partial charge in [-0.25, -0.2) is 9.18 Å². The first-order valence-electron chi connectivity index (χ1n) is 5.83. The average molecular weight is 267 g/mol. The number of nitrogens with two attached hydrogens (primary N) is 1. The smallest absolute Gasteiger partial charge is 0.409 e. The number of carbonyl (C=O) groups excluding carboxylic acids is 2. The van der Waals surface area contributed by atoms with E-state index >= 15 is 0 Å². The van der Waals surface area contributed by atoms with Crippen LogP contribution in [0, 0.1) is 5.82 Å². The maximum atomic E-state index is 13.4. The van der Waals surface area contributed by atoms with Gasteiger partial charge in [0.2, 0.25) is 5.91 Å². The summed E-state index contributed by atoms with van der Waals surface area (Å²) in [5.41, 5.74) is 5.90. The van der Waals surface area contributed by atoms with Gasteiger partial charge in [0.1, 0.15) is 12.4 Å². The van der Waals surface area contributed by atoms with Gasteiger partial charge >= 0.3 is 6.09 Å². The van der Waals surface area contributed by atoms with Crippen molar-refractivity contribution in [1.29, 1.82) is 0 Å². The molecule has 2 amide bonds. The van der Waals surface area contributed by atoms with Crippen LogP contribution in [0.4, 0.5) is 20.6 Å². The van der Waals surface area contributed by atoms with E-state index in [1.807, 2.05) is 0 Å². The highest BCUT2D eigenvalue weighted by atomic mass is 19.1. The first kappa shape index (κ1) is 13.1. The Bertz CT molecular complexity index is 507. The van der Waals surface area contributed by atoms with Crippen LogP contribution in [0.2, 0.25) is 0 Å². The zero-order valence-corrected chi connectivity index (χ0v) is 10.2. The van der Waals surface area contributed by atoms with Crippen LogP contribution in [0.5, 0.6) is 0 Å². The fourth-order valence-electron chi connectivity index (χ4n) is 1.72. The Morgan fingerprint density at radius 3 is 3.00 bits per heavy atom. The summed E-state index contributed by atoms with van der Waals surface area (Å²) in [5, 5.41) is 2.42. The van der Waals surface area contributed by atoms with Crippen LogP contribution in [0.15, 0.2) is 18.2 Å². The van der Waals surface area contributed by atoms with Crippen molar-refractivity contribution in [3.63, 3.8) is 0 Å². The molecule has 102 valence electrons. The topological polar surface area (TPSA) is 84.7 Å². The second kappa shape index (κ2) is 5.55.